The molecule has 3 atom stereocenters. The van der Waals surface area contributed by atoms with Crippen LogP contribution in [0, 0.1) is 19.8 Å². The molecule has 4 amide bonds. The Morgan fingerprint density at radius 2 is 1.80 bits per heavy atom. The van der Waals surface area contributed by atoms with Gasteiger partial charge in [-0.25, -0.2) is 9.67 Å². The van der Waals surface area contributed by atoms with Crippen LogP contribution in [0.25, 0.3) is 0 Å². The number of amides is 4. The quantitative estimate of drug-likeness (QED) is 0.299. The van der Waals surface area contributed by atoms with Gasteiger partial charge in [-0.1, -0.05) is 31.5 Å². The normalized spacial score (nSPS) is 18.8. The zero-order valence-electron chi connectivity index (χ0n) is 30.8. The van der Waals surface area contributed by atoms with Crippen LogP contribution in [0.1, 0.15) is 93.1 Å². The van der Waals surface area contributed by atoms with Crippen LogP contribution in [-0.4, -0.2) is 88.3 Å². The van der Waals surface area contributed by atoms with Crippen molar-refractivity contribution >= 4 is 23.6 Å². The summed E-state index contributed by atoms with van der Waals surface area (Å²) in [6, 6.07) is 4.12. The van der Waals surface area contributed by atoms with E-state index < -0.39 is 12.1 Å². The molecule has 3 N–H and O–H groups in total. The fourth-order valence-corrected chi connectivity index (χ4v) is 6.13. The largest absolute Gasteiger partial charge is 0.493 e. The first-order chi connectivity index (χ1) is 24.4. The number of nitrogens with zero attached hydrogens (tertiary/aromatic N) is 5. The molecule has 2 aromatic heterocycles. The molecule has 0 spiro atoms. The Balaban J connectivity index is 1.56. The first kappa shape index (κ1) is 38.8. The van der Waals surface area contributed by atoms with Gasteiger partial charge in [0.05, 0.1) is 26.0 Å². The van der Waals surface area contributed by atoms with Crippen molar-refractivity contribution in [2.45, 2.75) is 98.2 Å². The topological polar surface area (TPSA) is 183 Å². The third-order valence-electron chi connectivity index (χ3n) is 9.29. The Morgan fingerprint density at radius 1 is 1.06 bits per heavy atom. The molecular formula is C36H52N8O7. The number of hydrogen-bond donors (Lipinski definition) is 3. The van der Waals surface area contributed by atoms with E-state index in [2.05, 4.69) is 26.2 Å². The van der Waals surface area contributed by atoms with Gasteiger partial charge in [0.2, 0.25) is 23.6 Å². The predicted octanol–water partition coefficient (Wildman–Crippen LogP) is 2.96. The summed E-state index contributed by atoms with van der Waals surface area (Å²) in [7, 11) is 3.13. The number of carbonyl (C=O) groups is 4. The van der Waals surface area contributed by atoms with Crippen molar-refractivity contribution in [3.63, 3.8) is 0 Å². The summed E-state index contributed by atoms with van der Waals surface area (Å²) in [5, 5.41) is 17.5. The first-order valence-corrected chi connectivity index (χ1v) is 17.6. The molecule has 3 heterocycles. The Morgan fingerprint density at radius 3 is 2.49 bits per heavy atom. The summed E-state index contributed by atoms with van der Waals surface area (Å²) < 4.78 is 17.6. The van der Waals surface area contributed by atoms with Crippen LogP contribution in [0.15, 0.2) is 22.7 Å². The van der Waals surface area contributed by atoms with E-state index in [1.165, 1.54) is 4.68 Å². The van der Waals surface area contributed by atoms with E-state index in [9.17, 15) is 19.2 Å². The van der Waals surface area contributed by atoms with Gasteiger partial charge < -0.3 is 34.8 Å². The summed E-state index contributed by atoms with van der Waals surface area (Å²) in [6.45, 7) is 10.3. The number of ether oxygens (including phenoxy) is 2. The lowest BCUT2D eigenvalue weighted by molar-refractivity contribution is -0.132. The Hall–Kier alpha value is -4.95. The Bertz CT molecular complexity index is 1650. The van der Waals surface area contributed by atoms with Crippen LogP contribution < -0.4 is 25.4 Å². The molecule has 1 aromatic carbocycles. The summed E-state index contributed by atoms with van der Waals surface area (Å²) in [5.74, 6) is 1.59. The van der Waals surface area contributed by atoms with Crippen molar-refractivity contribution in [1.29, 1.82) is 0 Å². The third kappa shape index (κ3) is 10.5. The molecule has 0 fully saturated rings. The number of aromatic nitrogens is 4. The van der Waals surface area contributed by atoms with Crippen molar-refractivity contribution in [2.24, 2.45) is 5.92 Å². The van der Waals surface area contributed by atoms with Crippen molar-refractivity contribution in [3.8, 4) is 11.5 Å². The van der Waals surface area contributed by atoms with Gasteiger partial charge in [-0.3, -0.25) is 19.2 Å². The molecule has 0 bridgehead atoms. The van der Waals surface area contributed by atoms with Crippen LogP contribution in [0.2, 0.25) is 0 Å². The van der Waals surface area contributed by atoms with Gasteiger partial charge in [0, 0.05) is 44.5 Å². The molecule has 278 valence electrons. The van der Waals surface area contributed by atoms with Gasteiger partial charge in [-0.05, 0) is 63.6 Å². The number of methoxy groups -OCH3 is 2. The highest BCUT2D eigenvalue weighted by molar-refractivity contribution is 5.88. The van der Waals surface area contributed by atoms with E-state index in [0.29, 0.717) is 80.6 Å². The molecule has 0 radical (unpaired) electrons. The van der Waals surface area contributed by atoms with Crippen LogP contribution in [-0.2, 0) is 38.6 Å². The summed E-state index contributed by atoms with van der Waals surface area (Å²) in [5.41, 5.74) is 2.55. The maximum absolute atomic E-state index is 13.7. The molecule has 0 unspecified atom stereocenters. The second kappa shape index (κ2) is 18.3. The predicted molar refractivity (Wildman–Crippen MR) is 188 cm³/mol. The van der Waals surface area contributed by atoms with Crippen LogP contribution in [0.4, 0.5) is 0 Å². The van der Waals surface area contributed by atoms with Crippen LogP contribution in [0.5, 0.6) is 11.5 Å². The zero-order chi connectivity index (χ0) is 37.1. The molecule has 3 aromatic rings. The van der Waals surface area contributed by atoms with Gasteiger partial charge in [0.1, 0.15) is 24.2 Å². The van der Waals surface area contributed by atoms with Crippen molar-refractivity contribution in [3.05, 3.63) is 52.4 Å². The lowest BCUT2D eigenvalue weighted by Crippen LogP contribution is -2.51. The Labute approximate surface area is 299 Å². The van der Waals surface area contributed by atoms with Crippen molar-refractivity contribution in [1.82, 2.24) is 40.8 Å². The Kier molecular flexibility index (Phi) is 14.0. The second-order valence-electron chi connectivity index (χ2n) is 13.1. The summed E-state index contributed by atoms with van der Waals surface area (Å²) >= 11 is 0. The number of carbonyl (C=O) groups excluding carboxylic acids is 4. The van der Waals surface area contributed by atoms with Gasteiger partial charge in [0.15, 0.2) is 17.3 Å². The molecule has 1 aliphatic rings. The number of aryl methyl sites for hydroxylation is 2. The molecule has 51 heavy (non-hydrogen) atoms. The third-order valence-corrected chi connectivity index (χ3v) is 9.29. The van der Waals surface area contributed by atoms with Gasteiger partial charge in [0.25, 0.3) is 0 Å². The van der Waals surface area contributed by atoms with Gasteiger partial charge >= 0.3 is 0 Å². The van der Waals surface area contributed by atoms with Crippen molar-refractivity contribution in [2.75, 3.05) is 33.9 Å². The highest BCUT2D eigenvalue weighted by Crippen LogP contribution is 2.28. The smallest absolute Gasteiger partial charge is 0.243 e. The minimum Gasteiger partial charge on any atom is -0.493 e. The first-order valence-electron chi connectivity index (χ1n) is 17.6. The number of hydrogen-bond acceptors (Lipinski definition) is 10. The minimum atomic E-state index is -0.789. The second-order valence-corrected chi connectivity index (χ2v) is 13.1. The number of benzene rings is 1. The van der Waals surface area contributed by atoms with E-state index in [-0.39, 0.29) is 48.9 Å². The molecule has 0 saturated carbocycles. The van der Waals surface area contributed by atoms with E-state index in [4.69, 9.17) is 19.0 Å². The number of rotatable bonds is 9. The SMILES string of the molecule is CC[C@H](C)[C@@H]1NC(=O)CCCN(C(=O)CCc2c(C)noc2C)CCCNC(=O)Cn2nc(Cc3ccc(OC)c(OC)c3)nc2[C@@H](C)NC1=O. The number of nitrogens with one attached hydrogen (secondary N) is 3. The number of fused-ring (bicyclic) bond motifs is 1. The molecule has 0 saturated heterocycles. The highest BCUT2D eigenvalue weighted by Gasteiger charge is 2.29. The van der Waals surface area contributed by atoms with E-state index in [0.717, 1.165) is 16.8 Å². The average Bonchev–Trinajstić information content (AvgIpc) is 3.66. The maximum Gasteiger partial charge on any atom is 0.243 e. The lowest BCUT2D eigenvalue weighted by atomic mass is 9.97. The van der Waals surface area contributed by atoms with Gasteiger partial charge in [-0.15, -0.1) is 0 Å². The minimum absolute atomic E-state index is 0.0590. The zero-order valence-corrected chi connectivity index (χ0v) is 30.8. The fourth-order valence-electron chi connectivity index (χ4n) is 6.13. The summed E-state index contributed by atoms with van der Waals surface area (Å²) in [6.07, 6.45) is 2.84. The monoisotopic (exact) mass is 708 g/mol. The molecule has 4 rings (SSSR count). The summed E-state index contributed by atoms with van der Waals surface area (Å²) in [4.78, 5) is 59.9. The standard InChI is InChI=1S/C36H52N8O7/c1-8-22(2)34-36(48)38-24(4)35-39-30(20-26-12-14-28(49-6)29(19-26)50-7)41-44(35)21-32(46)37-16-10-18-43(17-9-11-31(45)40-34)33(47)15-13-27-23(3)42-51-25(27)5/h12,14,19,22,24,34H,8-11,13,15-18,20-21H2,1-7H3,(H,37,46)(H,38,48)(H,40,45)/t22-,24+,34-/m0/s1. The average molecular weight is 709 g/mol. The van der Waals surface area contributed by atoms with Crippen molar-refractivity contribution < 1.29 is 33.2 Å². The maximum atomic E-state index is 13.7. The lowest BCUT2D eigenvalue weighted by Gasteiger charge is -2.26. The molecule has 15 nitrogen and oxygen atoms in total. The molecule has 0 aliphatic carbocycles. The highest BCUT2D eigenvalue weighted by atomic mass is 16.5. The fraction of sp³-hybridized carbons (Fsp3) is 0.583. The molecule has 15 heteroatoms. The van der Waals surface area contributed by atoms with E-state index in [1.807, 2.05) is 39.8 Å². The van der Waals surface area contributed by atoms with E-state index in [1.54, 1.807) is 32.1 Å². The molecule has 1 aliphatic heterocycles. The van der Waals surface area contributed by atoms with Gasteiger partial charge in [-0.2, -0.15) is 5.10 Å². The van der Waals surface area contributed by atoms with E-state index >= 15 is 0 Å². The van der Waals surface area contributed by atoms with Crippen LogP contribution >= 0.6 is 0 Å². The molecular weight excluding hydrogens is 656 g/mol. The van der Waals surface area contributed by atoms with Crippen LogP contribution in [0.3, 0.4) is 0 Å².